The average molecular weight is 455 g/mol. The van der Waals surface area contributed by atoms with Gasteiger partial charge < -0.3 is 14.0 Å². The second-order valence-electron chi connectivity index (χ2n) is 7.49. The normalized spacial score (nSPS) is 11.8. The summed E-state index contributed by atoms with van der Waals surface area (Å²) in [5.74, 6) is 0.844. The van der Waals surface area contributed by atoms with Gasteiger partial charge in [0.15, 0.2) is 0 Å². The smallest absolute Gasteiger partial charge is 0.210 e. The topological polar surface area (TPSA) is 66.5 Å². The van der Waals surface area contributed by atoms with Crippen LogP contribution in [0.2, 0.25) is 5.02 Å². The maximum atomic E-state index is 11.6. The number of halogens is 1. The van der Waals surface area contributed by atoms with E-state index in [1.165, 1.54) is 0 Å². The van der Waals surface area contributed by atoms with E-state index in [1.807, 2.05) is 41.1 Å². The maximum Gasteiger partial charge on any atom is 0.210 e. The molecule has 0 aliphatic rings. The number of benzene rings is 2. The predicted octanol–water partition coefficient (Wildman–Crippen LogP) is 6.49. The van der Waals surface area contributed by atoms with E-state index in [2.05, 4.69) is 13.2 Å². The van der Waals surface area contributed by atoms with Crippen molar-refractivity contribution in [3.05, 3.63) is 82.5 Å². The van der Waals surface area contributed by atoms with Gasteiger partial charge in [0.25, 0.3) is 0 Å². The van der Waals surface area contributed by atoms with Crippen LogP contribution in [0.3, 0.4) is 0 Å². The summed E-state index contributed by atoms with van der Waals surface area (Å²) in [7, 11) is 3.18. The van der Waals surface area contributed by atoms with Crippen LogP contribution >= 0.6 is 11.6 Å². The lowest BCUT2D eigenvalue weighted by molar-refractivity contribution is -0.483. The minimum absolute atomic E-state index is 0.207. The second-order valence-corrected chi connectivity index (χ2v) is 7.92. The molecule has 3 rings (SSSR count). The van der Waals surface area contributed by atoms with Crippen LogP contribution in [0.1, 0.15) is 24.3 Å². The van der Waals surface area contributed by atoms with E-state index in [0.717, 1.165) is 27.6 Å². The van der Waals surface area contributed by atoms with Crippen molar-refractivity contribution in [2.24, 2.45) is 0 Å². The first-order valence-corrected chi connectivity index (χ1v) is 10.7. The SMILES string of the molecule is C=CCCC(C[N+](=O)[O-])c1c(OC)cc(OC)c2c(-c3ccc(Cl)cc3)cn(CC=C)c12. The molecule has 2 aromatic carbocycles. The number of fused-ring (bicyclic) bond motifs is 1. The fourth-order valence-corrected chi connectivity index (χ4v) is 4.29. The number of hydrogen-bond acceptors (Lipinski definition) is 4. The van der Waals surface area contributed by atoms with E-state index < -0.39 is 0 Å². The van der Waals surface area contributed by atoms with Crippen LogP contribution in [0.15, 0.2) is 61.8 Å². The van der Waals surface area contributed by atoms with Crippen molar-refractivity contribution >= 4 is 22.5 Å². The van der Waals surface area contributed by atoms with E-state index in [-0.39, 0.29) is 17.4 Å². The molecule has 0 aliphatic carbocycles. The van der Waals surface area contributed by atoms with Crippen LogP contribution in [0.5, 0.6) is 11.5 Å². The van der Waals surface area contributed by atoms with Gasteiger partial charge in [-0.15, -0.1) is 13.2 Å². The van der Waals surface area contributed by atoms with Gasteiger partial charge in [-0.05, 0) is 30.5 Å². The van der Waals surface area contributed by atoms with Crippen LogP contribution in [0, 0.1) is 10.1 Å². The van der Waals surface area contributed by atoms with E-state index >= 15 is 0 Å². The largest absolute Gasteiger partial charge is 0.496 e. The van der Waals surface area contributed by atoms with Gasteiger partial charge in [-0.3, -0.25) is 10.1 Å². The van der Waals surface area contributed by atoms with Crippen LogP contribution in [-0.2, 0) is 6.54 Å². The Kier molecular flexibility index (Phi) is 7.59. The van der Waals surface area contributed by atoms with Crippen molar-refractivity contribution < 1.29 is 14.4 Å². The number of rotatable bonds is 11. The molecule has 0 aliphatic heterocycles. The van der Waals surface area contributed by atoms with Gasteiger partial charge in [0.05, 0.1) is 31.0 Å². The quantitative estimate of drug-likeness (QED) is 0.188. The first kappa shape index (κ1) is 23.4. The number of allylic oxidation sites excluding steroid dienone is 2. The molecule has 0 radical (unpaired) electrons. The Labute approximate surface area is 192 Å². The van der Waals surface area contributed by atoms with Crippen molar-refractivity contribution in [2.45, 2.75) is 25.3 Å². The zero-order valence-corrected chi connectivity index (χ0v) is 19.1. The summed E-state index contributed by atoms with van der Waals surface area (Å²) in [6.07, 6.45) is 6.84. The molecule has 0 spiro atoms. The number of nitrogens with zero attached hydrogens (tertiary/aromatic N) is 2. The number of ether oxygens (including phenoxy) is 2. The lowest BCUT2D eigenvalue weighted by atomic mass is 9.90. The Bertz CT molecular complexity index is 1140. The van der Waals surface area contributed by atoms with Gasteiger partial charge in [0.2, 0.25) is 6.54 Å². The highest BCUT2D eigenvalue weighted by Gasteiger charge is 2.29. The molecule has 1 heterocycles. The molecular weight excluding hydrogens is 428 g/mol. The van der Waals surface area contributed by atoms with Gasteiger partial charge in [-0.2, -0.15) is 0 Å². The van der Waals surface area contributed by atoms with Crippen molar-refractivity contribution in [3.63, 3.8) is 0 Å². The highest BCUT2D eigenvalue weighted by atomic mass is 35.5. The van der Waals surface area contributed by atoms with Crippen molar-refractivity contribution in [2.75, 3.05) is 20.8 Å². The third kappa shape index (κ3) is 4.65. The summed E-state index contributed by atoms with van der Waals surface area (Å²) >= 11 is 6.10. The van der Waals surface area contributed by atoms with E-state index in [4.69, 9.17) is 21.1 Å². The number of methoxy groups -OCH3 is 2. The Morgan fingerprint density at radius 3 is 2.41 bits per heavy atom. The molecule has 0 fully saturated rings. The molecule has 168 valence electrons. The summed E-state index contributed by atoms with van der Waals surface area (Å²) in [6.45, 7) is 8.00. The summed E-state index contributed by atoms with van der Waals surface area (Å²) in [5.41, 5.74) is 3.56. The van der Waals surface area contributed by atoms with Crippen LogP contribution in [0.25, 0.3) is 22.0 Å². The zero-order valence-electron chi connectivity index (χ0n) is 18.3. The minimum atomic E-state index is -0.358. The Morgan fingerprint density at radius 2 is 1.84 bits per heavy atom. The zero-order chi connectivity index (χ0) is 23.3. The molecule has 32 heavy (non-hydrogen) atoms. The van der Waals surface area contributed by atoms with E-state index in [0.29, 0.717) is 35.9 Å². The third-order valence-electron chi connectivity index (χ3n) is 5.53. The van der Waals surface area contributed by atoms with Crippen LogP contribution in [0.4, 0.5) is 0 Å². The maximum absolute atomic E-state index is 11.6. The van der Waals surface area contributed by atoms with Gasteiger partial charge in [-0.25, -0.2) is 0 Å². The Balaban J connectivity index is 2.42. The molecule has 0 bridgehead atoms. The fourth-order valence-electron chi connectivity index (χ4n) is 4.16. The van der Waals surface area contributed by atoms with Gasteiger partial charge in [0, 0.05) is 39.9 Å². The molecule has 0 saturated carbocycles. The molecule has 1 atom stereocenters. The highest BCUT2D eigenvalue weighted by Crippen LogP contribution is 2.46. The summed E-state index contributed by atoms with van der Waals surface area (Å²) in [4.78, 5) is 11.3. The van der Waals surface area contributed by atoms with Crippen LogP contribution < -0.4 is 9.47 Å². The molecular formula is C25H27ClN2O4. The lowest BCUT2D eigenvalue weighted by Gasteiger charge is -2.20. The molecule has 0 saturated heterocycles. The number of nitro groups is 1. The third-order valence-corrected chi connectivity index (χ3v) is 5.78. The minimum Gasteiger partial charge on any atom is -0.496 e. The first-order valence-electron chi connectivity index (χ1n) is 10.3. The molecule has 7 heteroatoms. The summed E-state index contributed by atoms with van der Waals surface area (Å²) in [6, 6.07) is 9.39. The molecule has 6 nitrogen and oxygen atoms in total. The number of aromatic nitrogens is 1. The van der Waals surface area contributed by atoms with E-state index in [9.17, 15) is 10.1 Å². The second kappa shape index (κ2) is 10.4. The first-order chi connectivity index (χ1) is 15.4. The monoisotopic (exact) mass is 454 g/mol. The van der Waals surface area contributed by atoms with Crippen molar-refractivity contribution in [1.29, 1.82) is 0 Å². The molecule has 1 aromatic heterocycles. The van der Waals surface area contributed by atoms with Gasteiger partial charge >= 0.3 is 0 Å². The fraction of sp³-hybridized carbons (Fsp3) is 0.280. The Morgan fingerprint density at radius 1 is 1.16 bits per heavy atom. The molecule has 3 aromatic rings. The van der Waals surface area contributed by atoms with Gasteiger partial charge in [-0.1, -0.05) is 35.9 Å². The Hall–Kier alpha value is -3.25. The average Bonchev–Trinajstić information content (AvgIpc) is 3.15. The van der Waals surface area contributed by atoms with Crippen molar-refractivity contribution in [1.82, 2.24) is 4.57 Å². The van der Waals surface area contributed by atoms with Crippen LogP contribution in [-0.4, -0.2) is 30.3 Å². The molecule has 1 unspecified atom stereocenters. The molecule has 0 amide bonds. The summed E-state index contributed by atoms with van der Waals surface area (Å²) < 4.78 is 13.5. The molecule has 0 N–H and O–H groups in total. The lowest BCUT2D eigenvalue weighted by Crippen LogP contribution is -2.15. The summed E-state index contributed by atoms with van der Waals surface area (Å²) in [5, 5.41) is 13.1. The van der Waals surface area contributed by atoms with Gasteiger partial charge in [0.1, 0.15) is 11.5 Å². The van der Waals surface area contributed by atoms with E-state index in [1.54, 1.807) is 26.4 Å². The number of hydrogen-bond donors (Lipinski definition) is 0. The standard InChI is InChI=1S/C25H27ClN2O4/c1-5-7-8-18(15-28(29)30)23-21(31-3)14-22(32-4)24-20(16-27(13-6-2)25(23)24)17-9-11-19(26)12-10-17/h5-6,9-12,14,16,18H,1-2,7-8,13,15H2,3-4H3. The van der Waals surface area contributed by atoms with Crippen molar-refractivity contribution in [3.8, 4) is 22.6 Å². The highest BCUT2D eigenvalue weighted by molar-refractivity contribution is 6.30. The predicted molar refractivity (Wildman–Crippen MR) is 130 cm³/mol.